The smallest absolute Gasteiger partial charge is 0.0618 e. The predicted octanol–water partition coefficient (Wildman–Crippen LogP) is 0.851. The first-order chi connectivity index (χ1) is 7.79. The van der Waals surface area contributed by atoms with Gasteiger partial charge in [-0.1, -0.05) is 0 Å². The second-order valence-electron chi connectivity index (χ2n) is 4.55. The first-order valence-corrected chi connectivity index (χ1v) is 6.28. The predicted molar refractivity (Wildman–Crippen MR) is 65.6 cm³/mol. The van der Waals surface area contributed by atoms with E-state index >= 15 is 0 Å². The number of nitrogens with zero attached hydrogens (tertiary/aromatic N) is 1. The number of rotatable bonds is 7. The summed E-state index contributed by atoms with van der Waals surface area (Å²) in [6, 6.07) is 1.14. The van der Waals surface area contributed by atoms with Crippen LogP contribution in [-0.2, 0) is 9.47 Å². The second kappa shape index (κ2) is 8.01. The molecule has 16 heavy (non-hydrogen) atoms. The number of hydrogen-bond acceptors (Lipinski definition) is 4. The van der Waals surface area contributed by atoms with Crippen LogP contribution in [0.25, 0.3) is 0 Å². The van der Waals surface area contributed by atoms with Gasteiger partial charge in [0, 0.05) is 32.4 Å². The number of methoxy groups -OCH3 is 1. The molecule has 0 saturated carbocycles. The maximum atomic E-state index is 5.57. The minimum absolute atomic E-state index is 0.497. The van der Waals surface area contributed by atoms with Crippen molar-refractivity contribution < 1.29 is 9.47 Å². The third-order valence-electron chi connectivity index (χ3n) is 3.44. The minimum atomic E-state index is 0.497. The van der Waals surface area contributed by atoms with Crippen LogP contribution in [-0.4, -0.2) is 57.5 Å². The molecule has 1 unspecified atom stereocenters. The average molecular weight is 230 g/mol. The maximum Gasteiger partial charge on any atom is 0.0618 e. The Hall–Kier alpha value is -0.160. The molecule has 1 heterocycles. The number of ether oxygens (including phenoxy) is 2. The van der Waals surface area contributed by atoms with Gasteiger partial charge in [-0.15, -0.1) is 0 Å². The summed E-state index contributed by atoms with van der Waals surface area (Å²) in [4.78, 5) is 2.46. The van der Waals surface area contributed by atoms with Gasteiger partial charge < -0.3 is 15.2 Å². The van der Waals surface area contributed by atoms with E-state index in [2.05, 4.69) is 11.9 Å². The maximum absolute atomic E-state index is 5.57. The molecule has 4 nitrogen and oxygen atoms in total. The fourth-order valence-corrected chi connectivity index (χ4v) is 2.34. The molecule has 1 saturated heterocycles. The van der Waals surface area contributed by atoms with Crippen LogP contribution in [0, 0.1) is 0 Å². The van der Waals surface area contributed by atoms with Crippen molar-refractivity contribution in [2.24, 2.45) is 5.73 Å². The second-order valence-corrected chi connectivity index (χ2v) is 4.55. The van der Waals surface area contributed by atoms with Crippen LogP contribution >= 0.6 is 0 Å². The molecule has 4 heteroatoms. The van der Waals surface area contributed by atoms with E-state index in [9.17, 15) is 0 Å². The standard InChI is InChI=1S/C12H26N2O2/c1-14(11-5-8-16-9-6-11)12(10-15-2)4-3-7-13/h11-12H,3-10,13H2,1-2H3. The summed E-state index contributed by atoms with van der Waals surface area (Å²) in [6.07, 6.45) is 4.47. The highest BCUT2D eigenvalue weighted by Gasteiger charge is 2.24. The lowest BCUT2D eigenvalue weighted by Crippen LogP contribution is -2.45. The molecule has 1 aliphatic rings. The fourth-order valence-electron chi connectivity index (χ4n) is 2.34. The van der Waals surface area contributed by atoms with E-state index in [-0.39, 0.29) is 0 Å². The monoisotopic (exact) mass is 230 g/mol. The van der Waals surface area contributed by atoms with Crippen LogP contribution in [0.3, 0.4) is 0 Å². The van der Waals surface area contributed by atoms with Crippen LogP contribution in [0.15, 0.2) is 0 Å². The zero-order valence-electron chi connectivity index (χ0n) is 10.7. The molecule has 0 aliphatic carbocycles. The Morgan fingerprint density at radius 2 is 2.12 bits per heavy atom. The van der Waals surface area contributed by atoms with Crippen molar-refractivity contribution in [2.75, 3.05) is 40.5 Å². The third kappa shape index (κ3) is 4.37. The van der Waals surface area contributed by atoms with Crippen molar-refractivity contribution in [3.8, 4) is 0 Å². The van der Waals surface area contributed by atoms with Crippen LogP contribution in [0.1, 0.15) is 25.7 Å². The molecule has 0 aromatic carbocycles. The highest BCUT2D eigenvalue weighted by atomic mass is 16.5. The number of hydrogen-bond donors (Lipinski definition) is 1. The number of likely N-dealkylation sites (N-methyl/N-ethyl adjacent to an activating group) is 1. The molecule has 0 aromatic rings. The van der Waals surface area contributed by atoms with Gasteiger partial charge in [0.2, 0.25) is 0 Å². The van der Waals surface area contributed by atoms with E-state index in [0.717, 1.165) is 52.0 Å². The lowest BCUT2D eigenvalue weighted by Gasteiger charge is -2.37. The van der Waals surface area contributed by atoms with Crippen molar-refractivity contribution >= 4 is 0 Å². The van der Waals surface area contributed by atoms with Crippen LogP contribution in [0.5, 0.6) is 0 Å². The molecule has 0 radical (unpaired) electrons. The summed E-state index contributed by atoms with van der Waals surface area (Å²) in [7, 11) is 3.98. The van der Waals surface area contributed by atoms with Gasteiger partial charge in [-0.2, -0.15) is 0 Å². The van der Waals surface area contributed by atoms with E-state index in [1.807, 2.05) is 0 Å². The topological polar surface area (TPSA) is 47.7 Å². The molecule has 96 valence electrons. The first-order valence-electron chi connectivity index (χ1n) is 6.28. The van der Waals surface area contributed by atoms with Crippen molar-refractivity contribution in [2.45, 2.75) is 37.8 Å². The molecule has 1 atom stereocenters. The fraction of sp³-hybridized carbons (Fsp3) is 1.00. The normalized spacial score (nSPS) is 20.2. The summed E-state index contributed by atoms with van der Waals surface area (Å²) in [6.45, 7) is 3.35. The zero-order chi connectivity index (χ0) is 11.8. The molecule has 1 aliphatic heterocycles. The summed E-state index contributed by atoms with van der Waals surface area (Å²) in [5.41, 5.74) is 5.57. The summed E-state index contributed by atoms with van der Waals surface area (Å²) >= 11 is 0. The third-order valence-corrected chi connectivity index (χ3v) is 3.44. The minimum Gasteiger partial charge on any atom is -0.383 e. The highest BCUT2D eigenvalue weighted by molar-refractivity contribution is 4.78. The van der Waals surface area contributed by atoms with Crippen LogP contribution in [0.2, 0.25) is 0 Å². The largest absolute Gasteiger partial charge is 0.383 e. The Morgan fingerprint density at radius 1 is 1.44 bits per heavy atom. The van der Waals surface area contributed by atoms with Gasteiger partial charge in [0.05, 0.1) is 6.61 Å². The van der Waals surface area contributed by atoms with E-state index in [1.165, 1.54) is 0 Å². The summed E-state index contributed by atoms with van der Waals surface area (Å²) < 4.78 is 10.7. The van der Waals surface area contributed by atoms with Crippen molar-refractivity contribution in [3.63, 3.8) is 0 Å². The molecule has 1 rings (SSSR count). The molecule has 0 bridgehead atoms. The molecular formula is C12H26N2O2. The zero-order valence-corrected chi connectivity index (χ0v) is 10.7. The Labute approximate surface area is 99.1 Å². The Morgan fingerprint density at radius 3 is 2.69 bits per heavy atom. The average Bonchev–Trinajstić information content (AvgIpc) is 2.35. The van der Waals surface area contributed by atoms with Crippen molar-refractivity contribution in [1.82, 2.24) is 4.90 Å². The molecule has 0 amide bonds. The Kier molecular flexibility index (Phi) is 6.96. The van der Waals surface area contributed by atoms with E-state index in [1.54, 1.807) is 7.11 Å². The van der Waals surface area contributed by atoms with E-state index in [4.69, 9.17) is 15.2 Å². The van der Waals surface area contributed by atoms with E-state index in [0.29, 0.717) is 12.1 Å². The SMILES string of the molecule is COCC(CCCN)N(C)C1CCOCC1. The summed E-state index contributed by atoms with van der Waals surface area (Å²) in [5, 5.41) is 0. The quantitative estimate of drug-likeness (QED) is 0.704. The first kappa shape index (κ1) is 13.9. The van der Waals surface area contributed by atoms with Crippen molar-refractivity contribution in [1.29, 1.82) is 0 Å². The molecule has 0 spiro atoms. The summed E-state index contributed by atoms with van der Waals surface area (Å²) in [5.74, 6) is 0. The van der Waals surface area contributed by atoms with Crippen molar-refractivity contribution in [3.05, 3.63) is 0 Å². The number of nitrogens with two attached hydrogens (primary N) is 1. The van der Waals surface area contributed by atoms with Gasteiger partial charge in [0.15, 0.2) is 0 Å². The molecule has 0 aromatic heterocycles. The lowest BCUT2D eigenvalue weighted by molar-refractivity contribution is 0.00885. The lowest BCUT2D eigenvalue weighted by atomic mass is 10.0. The van der Waals surface area contributed by atoms with Gasteiger partial charge in [0.25, 0.3) is 0 Å². The van der Waals surface area contributed by atoms with Gasteiger partial charge in [-0.05, 0) is 39.3 Å². The molecule has 2 N–H and O–H groups in total. The Bertz CT molecular complexity index is 172. The van der Waals surface area contributed by atoms with Gasteiger partial charge >= 0.3 is 0 Å². The van der Waals surface area contributed by atoms with Gasteiger partial charge in [-0.3, -0.25) is 4.90 Å². The molecular weight excluding hydrogens is 204 g/mol. The molecule has 1 fully saturated rings. The van der Waals surface area contributed by atoms with Crippen LogP contribution < -0.4 is 5.73 Å². The highest BCUT2D eigenvalue weighted by Crippen LogP contribution is 2.17. The van der Waals surface area contributed by atoms with E-state index < -0.39 is 0 Å². The Balaban J connectivity index is 2.40. The van der Waals surface area contributed by atoms with Crippen LogP contribution in [0.4, 0.5) is 0 Å². The van der Waals surface area contributed by atoms with Gasteiger partial charge in [0.1, 0.15) is 0 Å². The van der Waals surface area contributed by atoms with Gasteiger partial charge in [-0.25, -0.2) is 0 Å².